The summed E-state index contributed by atoms with van der Waals surface area (Å²) in [5.74, 6) is -5.90. The van der Waals surface area contributed by atoms with Crippen LogP contribution in [0.25, 0.3) is 0 Å². The maximum absolute atomic E-state index is 12.7. The van der Waals surface area contributed by atoms with Crippen LogP contribution in [0.2, 0.25) is 0 Å². The molecule has 3 rings (SSSR count). The quantitative estimate of drug-likeness (QED) is 0.292. The van der Waals surface area contributed by atoms with Crippen LogP contribution in [0.1, 0.15) is 16.1 Å². The van der Waals surface area contributed by atoms with Crippen molar-refractivity contribution in [3.8, 4) is 0 Å². The number of aliphatic carboxylic acids is 2. The molecule has 1 aromatic carbocycles. The molecule has 41 heavy (non-hydrogen) atoms. The second-order valence-corrected chi connectivity index (χ2v) is 7.86. The molecule has 5 N–H and O–H groups in total. The Hall–Kier alpha value is -3.77. The number of carbonyl (C=O) groups is 4. The number of furan rings is 1. The standard InChI is InChI=1S/C19H24N4O3.2C2HF3O2.H2S/c24-18(21-13-15-5-2-1-3-6-15)16(14-23-10-8-20-9-11-23)22-19(25)17-7-4-12-26-17;2*3-2(4,5)1(6)7;/h1-7,12,16,20H,8-11,13-14H2,(H,21,24)(H,22,25);2*(H,6,7);1H2/t16-;;;/m0.../s1. The number of carboxylic acid groups (broad SMARTS) is 2. The molecule has 0 aliphatic carbocycles. The highest BCUT2D eigenvalue weighted by molar-refractivity contribution is 7.59. The van der Waals surface area contributed by atoms with Crippen molar-refractivity contribution >= 4 is 37.2 Å². The number of amides is 2. The molecule has 11 nitrogen and oxygen atoms in total. The van der Waals surface area contributed by atoms with Crippen molar-refractivity contribution in [1.82, 2.24) is 20.9 Å². The molecule has 1 aliphatic heterocycles. The second kappa shape index (κ2) is 17.8. The maximum Gasteiger partial charge on any atom is 0.490 e. The summed E-state index contributed by atoms with van der Waals surface area (Å²) in [7, 11) is 0. The van der Waals surface area contributed by atoms with E-state index in [0.717, 1.165) is 31.7 Å². The van der Waals surface area contributed by atoms with Gasteiger partial charge >= 0.3 is 24.3 Å². The van der Waals surface area contributed by atoms with Crippen LogP contribution in [0.5, 0.6) is 0 Å². The summed E-state index contributed by atoms with van der Waals surface area (Å²) < 4.78 is 68.6. The Morgan fingerprint density at radius 3 is 1.85 bits per heavy atom. The molecule has 2 aromatic rings. The highest BCUT2D eigenvalue weighted by Crippen LogP contribution is 2.13. The van der Waals surface area contributed by atoms with E-state index in [2.05, 4.69) is 20.9 Å². The second-order valence-electron chi connectivity index (χ2n) is 7.86. The molecule has 1 atom stereocenters. The first kappa shape index (κ1) is 37.2. The van der Waals surface area contributed by atoms with E-state index in [1.54, 1.807) is 12.1 Å². The number of carbonyl (C=O) groups excluding carboxylic acids is 2. The largest absolute Gasteiger partial charge is 0.490 e. The molecule has 0 spiro atoms. The third-order valence-corrected chi connectivity index (χ3v) is 4.81. The molecule has 2 amide bonds. The molecular formula is C23H28F6N4O7S. The third-order valence-electron chi connectivity index (χ3n) is 4.81. The number of rotatable bonds is 7. The highest BCUT2D eigenvalue weighted by Gasteiger charge is 2.38. The van der Waals surface area contributed by atoms with Crippen molar-refractivity contribution in [1.29, 1.82) is 0 Å². The van der Waals surface area contributed by atoms with Crippen LogP contribution < -0.4 is 16.0 Å². The van der Waals surface area contributed by atoms with E-state index < -0.39 is 30.3 Å². The van der Waals surface area contributed by atoms with Gasteiger partial charge in [-0.2, -0.15) is 39.8 Å². The topological polar surface area (TPSA) is 161 Å². The number of halogens is 6. The van der Waals surface area contributed by atoms with E-state index in [9.17, 15) is 35.9 Å². The lowest BCUT2D eigenvalue weighted by molar-refractivity contribution is -0.193. The van der Waals surface area contributed by atoms with E-state index >= 15 is 0 Å². The average Bonchev–Trinajstić information content (AvgIpc) is 3.43. The van der Waals surface area contributed by atoms with E-state index in [0.29, 0.717) is 13.1 Å². The highest BCUT2D eigenvalue weighted by atomic mass is 32.1. The van der Waals surface area contributed by atoms with Gasteiger partial charge in [-0.25, -0.2) is 9.59 Å². The van der Waals surface area contributed by atoms with Crippen LogP contribution in [0.4, 0.5) is 26.3 Å². The predicted octanol–water partition coefficient (Wildman–Crippen LogP) is 1.98. The molecule has 1 aliphatic rings. The Morgan fingerprint density at radius 1 is 0.902 bits per heavy atom. The van der Waals surface area contributed by atoms with Gasteiger partial charge in [-0.3, -0.25) is 14.5 Å². The average molecular weight is 619 g/mol. The van der Waals surface area contributed by atoms with Gasteiger partial charge in [0.15, 0.2) is 5.76 Å². The number of hydrogen-bond acceptors (Lipinski definition) is 7. The molecule has 2 heterocycles. The Kier molecular flexibility index (Phi) is 16.2. The first-order valence-corrected chi connectivity index (χ1v) is 11.3. The van der Waals surface area contributed by atoms with Crippen LogP contribution in [0, 0.1) is 0 Å². The van der Waals surface area contributed by atoms with Crippen LogP contribution in [-0.4, -0.2) is 90.0 Å². The zero-order valence-corrected chi connectivity index (χ0v) is 22.1. The Balaban J connectivity index is 0.000000888. The minimum absolute atomic E-state index is 0. The molecule has 0 saturated carbocycles. The number of nitrogens with zero attached hydrogens (tertiary/aromatic N) is 1. The van der Waals surface area contributed by atoms with Gasteiger partial charge in [0.2, 0.25) is 5.91 Å². The van der Waals surface area contributed by atoms with Gasteiger partial charge in [-0.1, -0.05) is 30.3 Å². The van der Waals surface area contributed by atoms with Crippen molar-refractivity contribution in [3.05, 3.63) is 60.1 Å². The van der Waals surface area contributed by atoms with Crippen LogP contribution in [0.3, 0.4) is 0 Å². The Labute approximate surface area is 236 Å². The fourth-order valence-corrected chi connectivity index (χ4v) is 2.89. The summed E-state index contributed by atoms with van der Waals surface area (Å²) in [6, 6.07) is 12.3. The van der Waals surface area contributed by atoms with E-state index in [1.807, 2.05) is 30.3 Å². The van der Waals surface area contributed by atoms with Gasteiger partial charge < -0.3 is 30.6 Å². The number of benzene rings is 1. The van der Waals surface area contributed by atoms with Crippen molar-refractivity contribution in [2.24, 2.45) is 0 Å². The van der Waals surface area contributed by atoms with E-state index in [-0.39, 0.29) is 31.1 Å². The minimum Gasteiger partial charge on any atom is -0.475 e. The number of alkyl halides is 6. The van der Waals surface area contributed by atoms with Gasteiger partial charge in [0.25, 0.3) is 5.91 Å². The smallest absolute Gasteiger partial charge is 0.475 e. The molecule has 1 saturated heterocycles. The molecule has 0 unspecified atom stereocenters. The summed E-state index contributed by atoms with van der Waals surface area (Å²) in [5.41, 5.74) is 1.01. The lowest BCUT2D eigenvalue weighted by atomic mass is 10.2. The van der Waals surface area contributed by atoms with Gasteiger partial charge in [0, 0.05) is 39.3 Å². The van der Waals surface area contributed by atoms with Crippen LogP contribution in [0.15, 0.2) is 53.1 Å². The van der Waals surface area contributed by atoms with Crippen LogP contribution >= 0.6 is 13.5 Å². The predicted molar refractivity (Wildman–Crippen MR) is 135 cm³/mol. The number of hydrogen-bond donors (Lipinski definition) is 5. The first-order valence-electron chi connectivity index (χ1n) is 11.3. The molecule has 0 bridgehead atoms. The zero-order valence-electron chi connectivity index (χ0n) is 21.1. The van der Waals surface area contributed by atoms with Crippen molar-refractivity contribution in [2.75, 3.05) is 32.7 Å². The van der Waals surface area contributed by atoms with Gasteiger partial charge in [-0.05, 0) is 17.7 Å². The lowest BCUT2D eigenvalue weighted by Crippen LogP contribution is -2.55. The van der Waals surface area contributed by atoms with Crippen molar-refractivity contribution < 1.29 is 60.2 Å². The number of carboxylic acids is 2. The molecule has 1 aromatic heterocycles. The zero-order chi connectivity index (χ0) is 30.3. The van der Waals surface area contributed by atoms with E-state index in [1.165, 1.54) is 6.26 Å². The summed E-state index contributed by atoms with van der Waals surface area (Å²) >= 11 is 0. The van der Waals surface area contributed by atoms with Crippen molar-refractivity contribution in [2.45, 2.75) is 24.9 Å². The Bertz CT molecular complexity index is 1060. The lowest BCUT2D eigenvalue weighted by Gasteiger charge is -2.30. The number of nitrogens with one attached hydrogen (secondary N) is 3. The molecule has 230 valence electrons. The summed E-state index contributed by atoms with van der Waals surface area (Å²) in [5, 5.41) is 23.2. The number of piperazine rings is 1. The molecule has 1 fully saturated rings. The fourth-order valence-electron chi connectivity index (χ4n) is 2.89. The maximum atomic E-state index is 12.7. The molecule has 18 heteroatoms. The molecular weight excluding hydrogens is 590 g/mol. The first-order chi connectivity index (χ1) is 18.6. The SMILES string of the molecule is O=C(N[C@@H](CN1CCNCC1)C(=O)NCc1ccccc1)c1ccco1.O=C(O)C(F)(F)F.O=C(O)C(F)(F)F.S. The van der Waals surface area contributed by atoms with Crippen molar-refractivity contribution in [3.63, 3.8) is 0 Å². The minimum atomic E-state index is -5.08. The van der Waals surface area contributed by atoms with Gasteiger partial charge in [-0.15, -0.1) is 0 Å². The van der Waals surface area contributed by atoms with E-state index in [4.69, 9.17) is 24.2 Å². The normalized spacial score (nSPS) is 14.0. The molecule has 0 radical (unpaired) electrons. The van der Waals surface area contributed by atoms with Gasteiger partial charge in [0.05, 0.1) is 6.26 Å². The summed E-state index contributed by atoms with van der Waals surface area (Å²) in [4.78, 5) is 45.0. The monoisotopic (exact) mass is 618 g/mol. The van der Waals surface area contributed by atoms with Crippen LogP contribution in [-0.2, 0) is 20.9 Å². The Morgan fingerprint density at radius 2 is 1.41 bits per heavy atom. The third kappa shape index (κ3) is 15.6. The fraction of sp³-hybridized carbons (Fsp3) is 0.391. The van der Waals surface area contributed by atoms with Gasteiger partial charge in [0.1, 0.15) is 6.04 Å². The summed E-state index contributed by atoms with van der Waals surface area (Å²) in [6.45, 7) is 4.34. The summed E-state index contributed by atoms with van der Waals surface area (Å²) in [6.07, 6.45) is -8.73.